The molecule has 0 saturated heterocycles. The third-order valence-electron chi connectivity index (χ3n) is 4.65. The van der Waals surface area contributed by atoms with Crippen molar-refractivity contribution >= 4 is 0 Å². The molecule has 0 atom stereocenters. The fourth-order valence-electron chi connectivity index (χ4n) is 3.18. The van der Waals surface area contributed by atoms with Crippen LogP contribution in [0.4, 0.5) is 0 Å². The van der Waals surface area contributed by atoms with E-state index in [-0.39, 0.29) is 0 Å². The van der Waals surface area contributed by atoms with Crippen LogP contribution < -0.4 is 0 Å². The molecule has 0 aliphatic heterocycles. The number of unbranched alkanes of at least 4 members (excludes halogenated alkanes) is 3. The summed E-state index contributed by atoms with van der Waals surface area (Å²) in [5.41, 5.74) is 7.35. The van der Waals surface area contributed by atoms with Gasteiger partial charge in [0.25, 0.3) is 0 Å². The van der Waals surface area contributed by atoms with Crippen molar-refractivity contribution in [1.29, 1.82) is 0 Å². The molecular weight excluding hydrogens is 302 g/mol. The molecule has 0 fully saturated rings. The van der Waals surface area contributed by atoms with Crippen molar-refractivity contribution in [3.8, 4) is 22.4 Å². The van der Waals surface area contributed by atoms with Crippen LogP contribution in [-0.2, 0) is 6.42 Å². The minimum atomic E-state index is 1.05. The Hall–Kier alpha value is -2.41. The molecule has 1 nitrogen and oxygen atoms in total. The summed E-state index contributed by atoms with van der Waals surface area (Å²) < 4.78 is 0. The van der Waals surface area contributed by atoms with Crippen LogP contribution in [0.2, 0.25) is 0 Å². The molecule has 128 valence electrons. The molecule has 0 radical (unpaired) electrons. The normalized spacial score (nSPS) is 10.8. The second kappa shape index (κ2) is 8.62. The lowest BCUT2D eigenvalue weighted by Gasteiger charge is -2.07. The predicted octanol–water partition coefficient (Wildman–Crippen LogP) is 6.85. The lowest BCUT2D eigenvalue weighted by Crippen LogP contribution is -1.90. The molecule has 0 N–H and O–H groups in total. The van der Waals surface area contributed by atoms with Gasteiger partial charge in [-0.1, -0.05) is 80.3 Å². The maximum atomic E-state index is 4.70. The average molecular weight is 329 g/mol. The molecule has 0 spiro atoms. The summed E-state index contributed by atoms with van der Waals surface area (Å²) in [5, 5.41) is 0. The van der Waals surface area contributed by atoms with Gasteiger partial charge in [0, 0.05) is 11.8 Å². The second-order valence-corrected chi connectivity index (χ2v) is 6.81. The molecule has 0 aliphatic rings. The fraction of sp³-hybridized carbons (Fsp3) is 0.292. The van der Waals surface area contributed by atoms with Crippen LogP contribution in [0.15, 0.2) is 66.9 Å². The highest BCUT2D eigenvalue weighted by molar-refractivity contribution is 5.71. The maximum absolute atomic E-state index is 4.70. The molecule has 0 amide bonds. The van der Waals surface area contributed by atoms with Crippen LogP contribution in [0.1, 0.15) is 43.7 Å². The highest BCUT2D eigenvalue weighted by Gasteiger charge is 2.04. The van der Waals surface area contributed by atoms with Crippen LogP contribution in [-0.4, -0.2) is 4.98 Å². The Labute approximate surface area is 151 Å². The van der Waals surface area contributed by atoms with Crippen LogP contribution in [0, 0.1) is 6.92 Å². The lowest BCUT2D eigenvalue weighted by atomic mass is 10.00. The largest absolute Gasteiger partial charge is 0.256 e. The number of nitrogens with zero attached hydrogens (tertiary/aromatic N) is 1. The number of hydrogen-bond acceptors (Lipinski definition) is 1. The van der Waals surface area contributed by atoms with E-state index in [1.165, 1.54) is 53.5 Å². The van der Waals surface area contributed by atoms with Crippen molar-refractivity contribution < 1.29 is 0 Å². The van der Waals surface area contributed by atoms with Gasteiger partial charge in [0.1, 0.15) is 0 Å². The Morgan fingerprint density at radius 2 is 1.52 bits per heavy atom. The Morgan fingerprint density at radius 3 is 2.24 bits per heavy atom. The van der Waals surface area contributed by atoms with Crippen LogP contribution in [0.25, 0.3) is 22.4 Å². The zero-order valence-electron chi connectivity index (χ0n) is 15.3. The van der Waals surface area contributed by atoms with E-state index in [2.05, 4.69) is 74.5 Å². The monoisotopic (exact) mass is 329 g/mol. The molecular formula is C24H27N. The van der Waals surface area contributed by atoms with E-state index >= 15 is 0 Å². The van der Waals surface area contributed by atoms with Gasteiger partial charge >= 0.3 is 0 Å². The summed E-state index contributed by atoms with van der Waals surface area (Å²) in [6.07, 6.45) is 8.37. The SMILES string of the molecule is CCCCCCc1ccc(-c2cccc(-c3cccc(C)c3)c2)nc1. The average Bonchev–Trinajstić information content (AvgIpc) is 2.66. The van der Waals surface area contributed by atoms with Gasteiger partial charge in [-0.2, -0.15) is 0 Å². The summed E-state index contributed by atoms with van der Waals surface area (Å²) in [6.45, 7) is 4.38. The quantitative estimate of drug-likeness (QED) is 0.432. The smallest absolute Gasteiger partial charge is 0.0702 e. The van der Waals surface area contributed by atoms with Crippen molar-refractivity contribution in [1.82, 2.24) is 4.98 Å². The van der Waals surface area contributed by atoms with Crippen molar-refractivity contribution in [2.45, 2.75) is 46.0 Å². The van der Waals surface area contributed by atoms with Crippen molar-refractivity contribution in [2.24, 2.45) is 0 Å². The van der Waals surface area contributed by atoms with E-state index in [1.54, 1.807) is 0 Å². The Balaban J connectivity index is 1.75. The summed E-state index contributed by atoms with van der Waals surface area (Å²) >= 11 is 0. The first-order valence-corrected chi connectivity index (χ1v) is 9.38. The number of rotatable bonds is 7. The van der Waals surface area contributed by atoms with Gasteiger partial charge in [0.05, 0.1) is 5.69 Å². The van der Waals surface area contributed by atoms with Gasteiger partial charge in [-0.3, -0.25) is 4.98 Å². The highest BCUT2D eigenvalue weighted by atomic mass is 14.7. The third kappa shape index (κ3) is 4.79. The standard InChI is InChI=1S/C24H27N/c1-3-4-5-6-10-20-14-15-24(25-18-20)23-13-8-12-22(17-23)21-11-7-9-19(2)16-21/h7-9,11-18H,3-6,10H2,1-2H3. The van der Waals surface area contributed by atoms with Gasteiger partial charge in [0.15, 0.2) is 0 Å². The molecule has 1 aromatic heterocycles. The highest BCUT2D eigenvalue weighted by Crippen LogP contribution is 2.26. The third-order valence-corrected chi connectivity index (χ3v) is 4.65. The molecule has 0 bridgehead atoms. The number of pyridine rings is 1. The van der Waals surface area contributed by atoms with Crippen molar-refractivity contribution in [2.75, 3.05) is 0 Å². The number of aromatic nitrogens is 1. The summed E-state index contributed by atoms with van der Waals surface area (Å²) in [6, 6.07) is 21.7. The van der Waals surface area contributed by atoms with Crippen molar-refractivity contribution in [3.63, 3.8) is 0 Å². The Bertz CT molecular complexity index is 802. The van der Waals surface area contributed by atoms with Gasteiger partial charge in [-0.05, 0) is 48.6 Å². The first-order valence-electron chi connectivity index (χ1n) is 9.38. The minimum absolute atomic E-state index is 1.05. The molecule has 1 heterocycles. The van der Waals surface area contributed by atoms with Crippen LogP contribution in [0.5, 0.6) is 0 Å². The molecule has 0 aliphatic carbocycles. The summed E-state index contributed by atoms with van der Waals surface area (Å²) in [5.74, 6) is 0. The molecule has 0 saturated carbocycles. The minimum Gasteiger partial charge on any atom is -0.256 e. The van der Waals surface area contributed by atoms with E-state index < -0.39 is 0 Å². The Morgan fingerprint density at radius 1 is 0.760 bits per heavy atom. The molecule has 3 aromatic rings. The fourth-order valence-corrected chi connectivity index (χ4v) is 3.18. The molecule has 0 unspecified atom stereocenters. The van der Waals surface area contributed by atoms with Gasteiger partial charge in [-0.25, -0.2) is 0 Å². The zero-order chi connectivity index (χ0) is 17.5. The zero-order valence-corrected chi connectivity index (χ0v) is 15.3. The topological polar surface area (TPSA) is 12.9 Å². The van der Waals surface area contributed by atoms with Crippen molar-refractivity contribution in [3.05, 3.63) is 78.0 Å². The molecule has 25 heavy (non-hydrogen) atoms. The molecule has 3 rings (SSSR count). The van der Waals surface area contributed by atoms with E-state index in [0.717, 1.165) is 12.1 Å². The van der Waals surface area contributed by atoms with E-state index in [4.69, 9.17) is 4.98 Å². The summed E-state index contributed by atoms with van der Waals surface area (Å²) in [7, 11) is 0. The summed E-state index contributed by atoms with van der Waals surface area (Å²) in [4.78, 5) is 4.70. The number of aryl methyl sites for hydroxylation is 2. The second-order valence-electron chi connectivity index (χ2n) is 6.81. The Kier molecular flexibility index (Phi) is 6.00. The first-order chi connectivity index (χ1) is 12.3. The number of benzene rings is 2. The molecule has 1 heteroatoms. The lowest BCUT2D eigenvalue weighted by molar-refractivity contribution is 0.666. The first kappa shape index (κ1) is 17.4. The van der Waals surface area contributed by atoms with Gasteiger partial charge in [0.2, 0.25) is 0 Å². The van der Waals surface area contributed by atoms with Crippen LogP contribution >= 0.6 is 0 Å². The van der Waals surface area contributed by atoms with Crippen LogP contribution in [0.3, 0.4) is 0 Å². The van der Waals surface area contributed by atoms with E-state index in [1.807, 2.05) is 6.20 Å². The van der Waals surface area contributed by atoms with Gasteiger partial charge in [-0.15, -0.1) is 0 Å². The molecule has 2 aromatic carbocycles. The number of hydrogen-bond donors (Lipinski definition) is 0. The van der Waals surface area contributed by atoms with E-state index in [0.29, 0.717) is 0 Å². The van der Waals surface area contributed by atoms with Gasteiger partial charge < -0.3 is 0 Å². The van der Waals surface area contributed by atoms with E-state index in [9.17, 15) is 0 Å². The maximum Gasteiger partial charge on any atom is 0.0702 e. The predicted molar refractivity (Wildman–Crippen MR) is 108 cm³/mol.